The second-order valence-corrected chi connectivity index (χ2v) is 3.08. The van der Waals surface area contributed by atoms with Gasteiger partial charge in [-0.1, -0.05) is 6.92 Å². The van der Waals surface area contributed by atoms with Gasteiger partial charge in [0.2, 0.25) is 0 Å². The summed E-state index contributed by atoms with van der Waals surface area (Å²) >= 11 is 0. The molecule has 0 heterocycles. The highest BCUT2D eigenvalue weighted by atomic mass is 16.3. The van der Waals surface area contributed by atoms with Crippen molar-refractivity contribution in [3.63, 3.8) is 0 Å². The maximum Gasteiger partial charge on any atom is 0.184 e. The molecule has 0 spiro atoms. The molecular weight excluding hydrogens is 168 g/mol. The number of aliphatic hydroxyl groups is 1. The summed E-state index contributed by atoms with van der Waals surface area (Å²) in [5.41, 5.74) is 0.634. The Bertz CT molecular complexity index is 310. The molecule has 0 saturated carbocycles. The van der Waals surface area contributed by atoms with Gasteiger partial charge in [0, 0.05) is 11.1 Å². The lowest BCUT2D eigenvalue weighted by molar-refractivity contribution is -0.115. The summed E-state index contributed by atoms with van der Waals surface area (Å²) in [6, 6.07) is 0. The lowest BCUT2D eigenvalue weighted by atomic mass is 9.93. The molecule has 1 atom stereocenters. The molecule has 0 aromatic carbocycles. The van der Waals surface area contributed by atoms with Crippen LogP contribution in [0.2, 0.25) is 0 Å². The monoisotopic (exact) mass is 180 g/mol. The number of hydrogen-bond acceptors (Lipinski definition) is 3. The van der Waals surface area contributed by atoms with E-state index < -0.39 is 6.10 Å². The summed E-state index contributed by atoms with van der Waals surface area (Å²) in [5, 5.41) is 9.39. The summed E-state index contributed by atoms with van der Waals surface area (Å²) in [6.07, 6.45) is 2.13. The van der Waals surface area contributed by atoms with Crippen molar-refractivity contribution >= 4 is 11.6 Å². The average molecular weight is 180 g/mol. The van der Waals surface area contributed by atoms with Crippen LogP contribution in [0.5, 0.6) is 0 Å². The zero-order chi connectivity index (χ0) is 10.0. The minimum absolute atomic E-state index is 0.192. The van der Waals surface area contributed by atoms with Gasteiger partial charge in [-0.05, 0) is 25.5 Å². The molecule has 0 bridgehead atoms. The Morgan fingerprint density at radius 3 is 2.46 bits per heavy atom. The van der Waals surface area contributed by atoms with Crippen molar-refractivity contribution in [2.24, 2.45) is 0 Å². The lowest BCUT2D eigenvalue weighted by Crippen LogP contribution is -2.21. The van der Waals surface area contributed by atoms with Gasteiger partial charge in [0.05, 0.1) is 6.10 Å². The van der Waals surface area contributed by atoms with E-state index in [1.165, 1.54) is 12.2 Å². The topological polar surface area (TPSA) is 54.4 Å². The van der Waals surface area contributed by atoms with E-state index in [-0.39, 0.29) is 17.1 Å². The van der Waals surface area contributed by atoms with Gasteiger partial charge in [0.1, 0.15) is 0 Å². The number of rotatable bonds is 2. The lowest BCUT2D eigenvalue weighted by Gasteiger charge is -2.13. The van der Waals surface area contributed by atoms with Crippen LogP contribution in [-0.4, -0.2) is 22.8 Å². The first-order valence-corrected chi connectivity index (χ1v) is 4.23. The van der Waals surface area contributed by atoms with Crippen molar-refractivity contribution in [1.29, 1.82) is 0 Å². The molecule has 0 fully saturated rings. The Morgan fingerprint density at radius 1 is 1.31 bits per heavy atom. The summed E-state index contributed by atoms with van der Waals surface area (Å²) in [5.74, 6) is -0.450. The van der Waals surface area contributed by atoms with Crippen LogP contribution in [0, 0.1) is 0 Å². The van der Waals surface area contributed by atoms with Gasteiger partial charge in [0.25, 0.3) is 0 Å². The fourth-order valence-corrected chi connectivity index (χ4v) is 1.16. The third kappa shape index (κ3) is 1.92. The van der Waals surface area contributed by atoms with Crippen LogP contribution >= 0.6 is 0 Å². The van der Waals surface area contributed by atoms with E-state index in [4.69, 9.17) is 0 Å². The SMILES string of the molecule is CCC(O)C1=CC(=O)C(C)=CC1=O. The highest BCUT2D eigenvalue weighted by Crippen LogP contribution is 2.15. The van der Waals surface area contributed by atoms with Gasteiger partial charge in [-0.15, -0.1) is 0 Å². The fraction of sp³-hybridized carbons (Fsp3) is 0.400. The minimum atomic E-state index is -0.819. The molecule has 3 heteroatoms. The molecule has 0 saturated heterocycles. The maximum atomic E-state index is 11.3. The van der Waals surface area contributed by atoms with Crippen LogP contribution in [0.25, 0.3) is 0 Å². The van der Waals surface area contributed by atoms with Gasteiger partial charge in [-0.3, -0.25) is 9.59 Å². The van der Waals surface area contributed by atoms with Crippen molar-refractivity contribution in [3.05, 3.63) is 23.3 Å². The number of ketones is 2. The molecule has 3 nitrogen and oxygen atoms in total. The molecule has 1 aliphatic rings. The predicted octanol–water partition coefficient (Wildman–Crippen LogP) is 0.782. The van der Waals surface area contributed by atoms with Gasteiger partial charge >= 0.3 is 0 Å². The molecule has 1 rings (SSSR count). The van der Waals surface area contributed by atoms with Gasteiger partial charge in [0.15, 0.2) is 11.6 Å². The molecule has 0 aromatic heterocycles. The molecule has 0 radical (unpaired) electrons. The first-order chi connectivity index (χ1) is 6.06. The van der Waals surface area contributed by atoms with Crippen molar-refractivity contribution < 1.29 is 14.7 Å². The maximum absolute atomic E-state index is 11.3. The molecule has 0 amide bonds. The van der Waals surface area contributed by atoms with Crippen molar-refractivity contribution in [3.8, 4) is 0 Å². The van der Waals surface area contributed by atoms with Gasteiger partial charge in [-0.2, -0.15) is 0 Å². The summed E-state index contributed by atoms with van der Waals surface area (Å²) in [6.45, 7) is 3.35. The average Bonchev–Trinajstić information content (AvgIpc) is 2.10. The highest BCUT2D eigenvalue weighted by molar-refractivity contribution is 6.20. The smallest absolute Gasteiger partial charge is 0.184 e. The van der Waals surface area contributed by atoms with Gasteiger partial charge < -0.3 is 5.11 Å². The number of hydrogen-bond donors (Lipinski definition) is 1. The Kier molecular flexibility index (Phi) is 2.78. The van der Waals surface area contributed by atoms with Crippen molar-refractivity contribution in [1.82, 2.24) is 0 Å². The Morgan fingerprint density at radius 2 is 1.92 bits per heavy atom. The molecule has 13 heavy (non-hydrogen) atoms. The second kappa shape index (κ2) is 3.66. The normalized spacial score (nSPS) is 19.6. The standard InChI is InChI=1S/C10H12O3/c1-3-8(11)7-5-9(12)6(2)4-10(7)13/h4-5,8,11H,3H2,1-2H3. The van der Waals surface area contributed by atoms with Crippen molar-refractivity contribution in [2.75, 3.05) is 0 Å². The van der Waals surface area contributed by atoms with Crippen LogP contribution in [0.15, 0.2) is 23.3 Å². The fourth-order valence-electron chi connectivity index (χ4n) is 1.16. The summed E-state index contributed by atoms with van der Waals surface area (Å²) in [4.78, 5) is 22.5. The third-order valence-electron chi connectivity index (χ3n) is 2.05. The highest BCUT2D eigenvalue weighted by Gasteiger charge is 2.21. The molecule has 1 N–H and O–H groups in total. The molecular formula is C10H12O3. The molecule has 1 aliphatic carbocycles. The van der Waals surface area contributed by atoms with E-state index in [0.717, 1.165) is 0 Å². The first kappa shape index (κ1) is 9.86. The quantitative estimate of drug-likeness (QED) is 0.639. The van der Waals surface area contributed by atoms with E-state index >= 15 is 0 Å². The Labute approximate surface area is 76.8 Å². The summed E-state index contributed by atoms with van der Waals surface area (Å²) < 4.78 is 0. The van der Waals surface area contributed by atoms with Crippen LogP contribution in [0.1, 0.15) is 20.3 Å². The second-order valence-electron chi connectivity index (χ2n) is 3.08. The number of allylic oxidation sites excluding steroid dienone is 3. The molecule has 0 aromatic rings. The predicted molar refractivity (Wildman–Crippen MR) is 48.2 cm³/mol. The van der Waals surface area contributed by atoms with Crippen LogP contribution in [0.4, 0.5) is 0 Å². The van der Waals surface area contributed by atoms with E-state index in [0.29, 0.717) is 12.0 Å². The van der Waals surface area contributed by atoms with Crippen LogP contribution in [0.3, 0.4) is 0 Å². The zero-order valence-electron chi connectivity index (χ0n) is 7.70. The van der Waals surface area contributed by atoms with Crippen LogP contribution in [-0.2, 0) is 9.59 Å². The minimum Gasteiger partial charge on any atom is -0.388 e. The third-order valence-corrected chi connectivity index (χ3v) is 2.05. The van der Waals surface area contributed by atoms with Crippen molar-refractivity contribution in [2.45, 2.75) is 26.4 Å². The number of aliphatic hydroxyl groups excluding tert-OH is 1. The largest absolute Gasteiger partial charge is 0.388 e. The van der Waals surface area contributed by atoms with E-state index in [1.807, 2.05) is 0 Å². The Hall–Kier alpha value is -1.22. The number of carbonyl (C=O) groups excluding carboxylic acids is 2. The first-order valence-electron chi connectivity index (χ1n) is 4.23. The van der Waals surface area contributed by atoms with E-state index in [1.54, 1.807) is 13.8 Å². The summed E-state index contributed by atoms with van der Waals surface area (Å²) in [7, 11) is 0. The van der Waals surface area contributed by atoms with E-state index in [2.05, 4.69) is 0 Å². The number of carbonyl (C=O) groups is 2. The van der Waals surface area contributed by atoms with Crippen LogP contribution < -0.4 is 0 Å². The molecule has 70 valence electrons. The van der Waals surface area contributed by atoms with E-state index in [9.17, 15) is 14.7 Å². The molecule has 1 unspecified atom stereocenters. The zero-order valence-corrected chi connectivity index (χ0v) is 7.70. The van der Waals surface area contributed by atoms with Gasteiger partial charge in [-0.25, -0.2) is 0 Å². The Balaban J connectivity index is 2.96. The molecule has 0 aliphatic heterocycles.